The third-order valence-electron chi connectivity index (χ3n) is 4.98. The molecule has 1 aromatic heterocycles. The van der Waals surface area contributed by atoms with Crippen molar-refractivity contribution in [1.29, 1.82) is 0 Å². The van der Waals surface area contributed by atoms with Crippen LogP contribution in [-0.4, -0.2) is 41.2 Å². The molecule has 0 N–H and O–H groups in total. The Morgan fingerprint density at radius 2 is 1.90 bits per heavy atom. The zero-order chi connectivity index (χ0) is 20.1. The van der Waals surface area contributed by atoms with Crippen LogP contribution >= 0.6 is 0 Å². The van der Waals surface area contributed by atoms with Crippen LogP contribution < -0.4 is 9.47 Å². The summed E-state index contributed by atoms with van der Waals surface area (Å²) in [5, 5.41) is 8.28. The molecule has 1 aliphatic heterocycles. The minimum absolute atomic E-state index is 0.00417. The molecule has 1 saturated heterocycles. The van der Waals surface area contributed by atoms with Crippen molar-refractivity contribution in [2.45, 2.75) is 25.4 Å². The van der Waals surface area contributed by atoms with Crippen LogP contribution in [0.25, 0.3) is 0 Å². The number of aromatic nitrogens is 2. The number of amides is 1. The molecule has 2 heterocycles. The van der Waals surface area contributed by atoms with Gasteiger partial charge in [-0.1, -0.05) is 18.2 Å². The summed E-state index contributed by atoms with van der Waals surface area (Å²) < 4.78 is 16.6. The number of rotatable bonds is 6. The highest BCUT2D eigenvalue weighted by atomic mass is 16.5. The molecule has 2 aromatic carbocycles. The van der Waals surface area contributed by atoms with Crippen LogP contribution in [0.1, 0.15) is 40.9 Å². The third-order valence-corrected chi connectivity index (χ3v) is 4.98. The molecule has 1 aliphatic rings. The number of carbonyl (C=O) groups is 1. The molecule has 7 nitrogen and oxygen atoms in total. The molecule has 1 fully saturated rings. The summed E-state index contributed by atoms with van der Waals surface area (Å²) >= 11 is 0. The molecule has 0 aliphatic carbocycles. The first-order chi connectivity index (χ1) is 14.2. The monoisotopic (exact) mass is 393 g/mol. The highest BCUT2D eigenvalue weighted by molar-refractivity contribution is 5.94. The predicted octanol–water partition coefficient (Wildman–Crippen LogP) is 3.68. The third kappa shape index (κ3) is 4.56. The molecule has 150 valence electrons. The summed E-state index contributed by atoms with van der Waals surface area (Å²) in [5.41, 5.74) is 0.647. The number of ether oxygens (including phenoxy) is 2. The van der Waals surface area contributed by atoms with E-state index in [1.807, 2.05) is 35.2 Å². The number of hydrogen-bond acceptors (Lipinski definition) is 6. The standard InChI is InChI=1S/C22H23N3O4/c1-27-18-11-9-16(10-12-18)22(26)25-13-5-6-17(14-25)21-24-23-20(29-21)15-28-19-7-3-2-4-8-19/h2-4,7-12,17H,5-6,13-15H2,1H3. The van der Waals surface area contributed by atoms with E-state index in [9.17, 15) is 4.79 Å². The number of benzene rings is 2. The Hall–Kier alpha value is -3.35. The Balaban J connectivity index is 1.38. The summed E-state index contributed by atoms with van der Waals surface area (Å²) in [6.45, 7) is 1.50. The Bertz CT molecular complexity index is 940. The molecule has 1 amide bonds. The van der Waals surface area contributed by atoms with Gasteiger partial charge in [0.25, 0.3) is 11.8 Å². The Morgan fingerprint density at radius 1 is 1.10 bits per heavy atom. The number of nitrogens with zero attached hydrogens (tertiary/aromatic N) is 3. The first-order valence-electron chi connectivity index (χ1n) is 9.66. The van der Waals surface area contributed by atoms with Crippen LogP contribution in [-0.2, 0) is 6.61 Å². The number of likely N-dealkylation sites (tertiary alicyclic amines) is 1. The van der Waals surface area contributed by atoms with Gasteiger partial charge in [-0.05, 0) is 49.2 Å². The van der Waals surface area contributed by atoms with Crippen molar-refractivity contribution in [3.8, 4) is 11.5 Å². The lowest BCUT2D eigenvalue weighted by Gasteiger charge is -2.31. The van der Waals surface area contributed by atoms with Gasteiger partial charge in [-0.2, -0.15) is 0 Å². The second-order valence-corrected chi connectivity index (χ2v) is 6.95. The molecule has 29 heavy (non-hydrogen) atoms. The van der Waals surface area contributed by atoms with E-state index in [1.54, 1.807) is 31.4 Å². The van der Waals surface area contributed by atoms with Gasteiger partial charge in [-0.25, -0.2) is 0 Å². The molecule has 1 atom stereocenters. The average Bonchev–Trinajstić information content (AvgIpc) is 3.27. The van der Waals surface area contributed by atoms with Crippen molar-refractivity contribution in [1.82, 2.24) is 15.1 Å². The molecule has 0 bridgehead atoms. The van der Waals surface area contributed by atoms with E-state index in [0.29, 0.717) is 23.9 Å². The van der Waals surface area contributed by atoms with E-state index < -0.39 is 0 Å². The maximum atomic E-state index is 12.8. The summed E-state index contributed by atoms with van der Waals surface area (Å²) in [5.74, 6) is 2.51. The topological polar surface area (TPSA) is 77.7 Å². The van der Waals surface area contributed by atoms with Crippen LogP contribution in [0.15, 0.2) is 59.0 Å². The van der Waals surface area contributed by atoms with Gasteiger partial charge < -0.3 is 18.8 Å². The number of carbonyl (C=O) groups excluding carboxylic acids is 1. The normalized spacial score (nSPS) is 16.4. The highest BCUT2D eigenvalue weighted by Crippen LogP contribution is 2.27. The fourth-order valence-electron chi connectivity index (χ4n) is 3.43. The van der Waals surface area contributed by atoms with E-state index in [1.165, 1.54) is 0 Å². The van der Waals surface area contributed by atoms with Gasteiger partial charge in [0.15, 0.2) is 6.61 Å². The second kappa shape index (κ2) is 8.77. The highest BCUT2D eigenvalue weighted by Gasteiger charge is 2.29. The van der Waals surface area contributed by atoms with Gasteiger partial charge in [0.2, 0.25) is 5.89 Å². The summed E-state index contributed by atoms with van der Waals surface area (Å²) in [6.07, 6.45) is 1.80. The van der Waals surface area contributed by atoms with Crippen LogP contribution in [0.2, 0.25) is 0 Å². The van der Waals surface area contributed by atoms with Gasteiger partial charge in [0.05, 0.1) is 13.0 Å². The SMILES string of the molecule is COc1ccc(C(=O)N2CCCC(c3nnc(COc4ccccc4)o3)C2)cc1. The molecular weight excluding hydrogens is 370 g/mol. The minimum atomic E-state index is 0.00417. The number of hydrogen-bond donors (Lipinski definition) is 0. The van der Waals surface area contributed by atoms with E-state index in [0.717, 1.165) is 30.9 Å². The summed E-state index contributed by atoms with van der Waals surface area (Å²) in [4.78, 5) is 14.7. The fourth-order valence-corrected chi connectivity index (χ4v) is 3.43. The zero-order valence-electron chi connectivity index (χ0n) is 16.3. The average molecular weight is 393 g/mol. The van der Waals surface area contributed by atoms with Crippen LogP contribution in [0, 0.1) is 0 Å². The first-order valence-corrected chi connectivity index (χ1v) is 9.66. The largest absolute Gasteiger partial charge is 0.497 e. The van der Waals surface area contributed by atoms with Gasteiger partial charge in [-0.3, -0.25) is 4.79 Å². The Kier molecular flexibility index (Phi) is 5.74. The van der Waals surface area contributed by atoms with Gasteiger partial charge in [0.1, 0.15) is 11.5 Å². The second-order valence-electron chi connectivity index (χ2n) is 6.95. The zero-order valence-corrected chi connectivity index (χ0v) is 16.3. The first kappa shape index (κ1) is 19.0. The van der Waals surface area contributed by atoms with E-state index >= 15 is 0 Å². The Morgan fingerprint density at radius 3 is 2.66 bits per heavy atom. The van der Waals surface area contributed by atoms with Crippen molar-refractivity contribution in [3.63, 3.8) is 0 Å². The van der Waals surface area contributed by atoms with Gasteiger partial charge >= 0.3 is 0 Å². The van der Waals surface area contributed by atoms with Gasteiger partial charge in [0, 0.05) is 18.7 Å². The van der Waals surface area contributed by atoms with E-state index in [4.69, 9.17) is 13.9 Å². The molecule has 0 saturated carbocycles. The molecule has 3 aromatic rings. The Labute approximate surface area is 169 Å². The number of piperidine rings is 1. The number of para-hydroxylation sites is 1. The van der Waals surface area contributed by atoms with Crippen LogP contribution in [0.4, 0.5) is 0 Å². The maximum absolute atomic E-state index is 12.8. The van der Waals surface area contributed by atoms with Gasteiger partial charge in [-0.15, -0.1) is 10.2 Å². The van der Waals surface area contributed by atoms with Crippen molar-refractivity contribution < 1.29 is 18.7 Å². The summed E-state index contributed by atoms with van der Waals surface area (Å²) in [7, 11) is 1.61. The summed E-state index contributed by atoms with van der Waals surface area (Å²) in [6, 6.07) is 16.7. The van der Waals surface area contributed by atoms with E-state index in [2.05, 4.69) is 10.2 Å². The molecule has 1 unspecified atom stereocenters. The predicted molar refractivity (Wildman–Crippen MR) is 106 cm³/mol. The quantitative estimate of drug-likeness (QED) is 0.636. The molecule has 7 heteroatoms. The van der Waals surface area contributed by atoms with E-state index in [-0.39, 0.29) is 18.4 Å². The fraction of sp³-hybridized carbons (Fsp3) is 0.318. The smallest absolute Gasteiger partial charge is 0.253 e. The van der Waals surface area contributed by atoms with Crippen molar-refractivity contribution in [2.24, 2.45) is 0 Å². The molecular formula is C22H23N3O4. The van der Waals surface area contributed by atoms with Crippen LogP contribution in [0.3, 0.4) is 0 Å². The van der Waals surface area contributed by atoms with Crippen molar-refractivity contribution in [2.75, 3.05) is 20.2 Å². The molecule has 4 rings (SSSR count). The van der Waals surface area contributed by atoms with Crippen molar-refractivity contribution >= 4 is 5.91 Å². The minimum Gasteiger partial charge on any atom is -0.497 e. The van der Waals surface area contributed by atoms with Crippen molar-refractivity contribution in [3.05, 3.63) is 71.9 Å². The lowest BCUT2D eigenvalue weighted by atomic mass is 9.97. The van der Waals surface area contributed by atoms with Crippen LogP contribution in [0.5, 0.6) is 11.5 Å². The lowest BCUT2D eigenvalue weighted by molar-refractivity contribution is 0.0697. The number of methoxy groups -OCH3 is 1. The lowest BCUT2D eigenvalue weighted by Crippen LogP contribution is -2.39. The molecule has 0 radical (unpaired) electrons. The molecule has 0 spiro atoms. The maximum Gasteiger partial charge on any atom is 0.253 e.